The molecule has 0 aromatic heterocycles. The zero-order chi connectivity index (χ0) is 14.8. The molecule has 1 aliphatic rings. The molecule has 1 aromatic rings. The summed E-state index contributed by atoms with van der Waals surface area (Å²) in [5.74, 6) is 1.05. The van der Waals surface area contributed by atoms with Gasteiger partial charge in [0.1, 0.15) is 0 Å². The number of hydrogen-bond acceptors (Lipinski definition) is 1. The second-order valence-corrected chi connectivity index (χ2v) is 8.06. The molecule has 0 heterocycles. The largest absolute Gasteiger partial charge is 0.345 e. The van der Waals surface area contributed by atoms with Crippen LogP contribution < -0.4 is 5.32 Å². The Morgan fingerprint density at radius 3 is 3.00 bits per heavy atom. The summed E-state index contributed by atoms with van der Waals surface area (Å²) in [7, 11) is 0. The Bertz CT molecular complexity index is 511. The highest BCUT2D eigenvalue weighted by atomic mass is 127. The highest BCUT2D eigenvalue weighted by Crippen LogP contribution is 2.33. The summed E-state index contributed by atoms with van der Waals surface area (Å²) in [5.41, 5.74) is 0.427. The number of alkyl halides is 1. The van der Waals surface area contributed by atoms with Gasteiger partial charge < -0.3 is 5.32 Å². The van der Waals surface area contributed by atoms with Crippen molar-refractivity contribution in [3.05, 3.63) is 31.8 Å². The molecule has 1 aliphatic carbocycles. The fourth-order valence-corrected chi connectivity index (χ4v) is 4.14. The molecule has 0 aliphatic heterocycles. The topological polar surface area (TPSA) is 29.1 Å². The van der Waals surface area contributed by atoms with E-state index in [1.54, 1.807) is 0 Å². The van der Waals surface area contributed by atoms with Crippen LogP contribution in [0.15, 0.2) is 22.7 Å². The normalized spacial score (nSPS) is 26.3. The maximum atomic E-state index is 12.6. The molecule has 0 radical (unpaired) electrons. The molecule has 2 atom stereocenters. The van der Waals surface area contributed by atoms with Gasteiger partial charge in [-0.05, 0) is 75.5 Å². The number of amides is 1. The summed E-state index contributed by atoms with van der Waals surface area (Å²) >= 11 is 11.8. The first-order valence-electron chi connectivity index (χ1n) is 6.79. The summed E-state index contributed by atoms with van der Waals surface area (Å²) in [4.78, 5) is 12.6. The lowest BCUT2D eigenvalue weighted by Crippen LogP contribution is -2.52. The van der Waals surface area contributed by atoms with Gasteiger partial charge in [-0.1, -0.05) is 19.8 Å². The molecule has 5 heteroatoms. The first-order chi connectivity index (χ1) is 9.46. The molecule has 0 spiro atoms. The second-order valence-electron chi connectivity index (χ2n) is 5.69. The summed E-state index contributed by atoms with van der Waals surface area (Å²) < 4.78 is 1.87. The van der Waals surface area contributed by atoms with Gasteiger partial charge in [0, 0.05) is 13.9 Å². The second kappa shape index (κ2) is 6.97. The molecule has 2 nitrogen and oxygen atoms in total. The number of halogens is 3. The molecule has 1 N–H and O–H groups in total. The highest BCUT2D eigenvalue weighted by Gasteiger charge is 2.36. The third kappa shape index (κ3) is 3.89. The van der Waals surface area contributed by atoms with Crippen molar-refractivity contribution < 1.29 is 4.79 Å². The Labute approximate surface area is 147 Å². The Morgan fingerprint density at radius 2 is 2.35 bits per heavy atom. The predicted molar refractivity (Wildman–Crippen MR) is 95.4 cm³/mol. The minimum Gasteiger partial charge on any atom is -0.345 e. The number of carbonyl (C=O) groups is 1. The number of rotatable bonds is 3. The van der Waals surface area contributed by atoms with Gasteiger partial charge in [-0.25, -0.2) is 0 Å². The number of nitrogens with one attached hydrogen (secondary N) is 1. The molecule has 110 valence electrons. The molecular weight excluding hydrogens is 452 g/mol. The number of benzene rings is 1. The van der Waals surface area contributed by atoms with Crippen LogP contribution in [0.2, 0.25) is 0 Å². The number of hydrogen-bond donors (Lipinski definition) is 1. The molecule has 1 fully saturated rings. The SMILES string of the molecule is CC1CCCC(CCl)(NC(=O)c2cc(I)ccc2Br)C1. The minimum absolute atomic E-state index is 0.0369. The monoisotopic (exact) mass is 469 g/mol. The Kier molecular flexibility index (Phi) is 5.77. The van der Waals surface area contributed by atoms with Gasteiger partial charge in [-0.2, -0.15) is 0 Å². The van der Waals surface area contributed by atoms with Gasteiger partial charge in [-0.15, -0.1) is 11.6 Å². The van der Waals surface area contributed by atoms with E-state index in [1.165, 1.54) is 6.42 Å². The molecular formula is C15H18BrClINO. The smallest absolute Gasteiger partial charge is 0.252 e. The molecule has 20 heavy (non-hydrogen) atoms. The van der Waals surface area contributed by atoms with Gasteiger partial charge in [0.05, 0.1) is 11.1 Å². The minimum atomic E-state index is -0.253. The van der Waals surface area contributed by atoms with E-state index in [2.05, 4.69) is 50.8 Å². The van der Waals surface area contributed by atoms with E-state index in [9.17, 15) is 4.79 Å². The molecule has 2 rings (SSSR count). The summed E-state index contributed by atoms with van der Waals surface area (Å²) in [6, 6.07) is 5.78. The van der Waals surface area contributed by atoms with E-state index >= 15 is 0 Å². The van der Waals surface area contributed by atoms with Crippen LogP contribution in [0.5, 0.6) is 0 Å². The van der Waals surface area contributed by atoms with Crippen LogP contribution in [0.1, 0.15) is 43.0 Å². The van der Waals surface area contributed by atoms with Gasteiger partial charge >= 0.3 is 0 Å². The van der Waals surface area contributed by atoms with Crippen molar-refractivity contribution in [2.75, 3.05) is 5.88 Å². The van der Waals surface area contributed by atoms with Gasteiger partial charge in [-0.3, -0.25) is 4.79 Å². The average molecular weight is 471 g/mol. The van der Waals surface area contributed by atoms with Gasteiger partial charge in [0.25, 0.3) is 5.91 Å². The van der Waals surface area contributed by atoms with Crippen molar-refractivity contribution in [1.29, 1.82) is 0 Å². The van der Waals surface area contributed by atoms with Crippen molar-refractivity contribution in [3.8, 4) is 0 Å². The standard InChI is InChI=1S/C15H18BrClINO/c1-10-3-2-6-15(8-10,9-17)19-14(20)12-7-11(18)4-5-13(12)16/h4-5,7,10H,2-3,6,8-9H2,1H3,(H,19,20). The van der Waals surface area contributed by atoms with Crippen LogP contribution in [0.3, 0.4) is 0 Å². The van der Waals surface area contributed by atoms with Crippen molar-refractivity contribution in [3.63, 3.8) is 0 Å². The van der Waals surface area contributed by atoms with Crippen molar-refractivity contribution in [1.82, 2.24) is 5.32 Å². The molecule has 1 amide bonds. The average Bonchev–Trinajstić information content (AvgIpc) is 2.41. The zero-order valence-electron chi connectivity index (χ0n) is 11.4. The number of carbonyl (C=O) groups excluding carboxylic acids is 1. The van der Waals surface area contributed by atoms with Crippen LogP contribution in [0.4, 0.5) is 0 Å². The van der Waals surface area contributed by atoms with E-state index < -0.39 is 0 Å². The zero-order valence-corrected chi connectivity index (χ0v) is 15.9. The summed E-state index contributed by atoms with van der Waals surface area (Å²) in [5, 5.41) is 3.19. The Balaban J connectivity index is 2.19. The van der Waals surface area contributed by atoms with Gasteiger partial charge in [0.2, 0.25) is 0 Å². The van der Waals surface area contributed by atoms with Crippen LogP contribution in [0.25, 0.3) is 0 Å². The van der Waals surface area contributed by atoms with E-state index in [1.807, 2.05) is 18.2 Å². The molecule has 0 saturated heterocycles. The van der Waals surface area contributed by atoms with Crippen LogP contribution in [-0.2, 0) is 0 Å². The fourth-order valence-electron chi connectivity index (χ4n) is 2.91. The maximum Gasteiger partial charge on any atom is 0.252 e. The first-order valence-corrected chi connectivity index (χ1v) is 9.20. The molecule has 1 aromatic carbocycles. The highest BCUT2D eigenvalue weighted by molar-refractivity contribution is 14.1. The van der Waals surface area contributed by atoms with Crippen molar-refractivity contribution >= 4 is 56.0 Å². The lowest BCUT2D eigenvalue weighted by molar-refractivity contribution is 0.0866. The van der Waals surface area contributed by atoms with Gasteiger partial charge in [0.15, 0.2) is 0 Å². The van der Waals surface area contributed by atoms with Crippen LogP contribution in [-0.4, -0.2) is 17.3 Å². The third-order valence-corrected chi connectivity index (χ3v) is 5.77. The Morgan fingerprint density at radius 1 is 1.60 bits per heavy atom. The van der Waals surface area contributed by atoms with Crippen LogP contribution in [0, 0.1) is 9.49 Å². The van der Waals surface area contributed by atoms with E-state index in [4.69, 9.17) is 11.6 Å². The fraction of sp³-hybridized carbons (Fsp3) is 0.533. The lowest BCUT2D eigenvalue weighted by atomic mass is 9.77. The third-order valence-electron chi connectivity index (χ3n) is 3.90. The van der Waals surface area contributed by atoms with Crippen LogP contribution >= 0.6 is 50.1 Å². The van der Waals surface area contributed by atoms with Crippen molar-refractivity contribution in [2.24, 2.45) is 5.92 Å². The predicted octanol–water partition coefficient (Wildman–Crippen LogP) is 4.97. The van der Waals surface area contributed by atoms with E-state index in [0.29, 0.717) is 17.4 Å². The lowest BCUT2D eigenvalue weighted by Gasteiger charge is -2.39. The maximum absolute atomic E-state index is 12.6. The molecule has 1 saturated carbocycles. The molecule has 2 unspecified atom stereocenters. The van der Waals surface area contributed by atoms with Crippen molar-refractivity contribution in [2.45, 2.75) is 38.1 Å². The van der Waals surface area contributed by atoms with E-state index in [-0.39, 0.29) is 11.4 Å². The van der Waals surface area contributed by atoms with E-state index in [0.717, 1.165) is 27.3 Å². The molecule has 0 bridgehead atoms. The quantitative estimate of drug-likeness (QED) is 0.491. The summed E-state index contributed by atoms with van der Waals surface area (Å²) in [6.07, 6.45) is 4.28. The first kappa shape index (κ1) is 16.6. The summed E-state index contributed by atoms with van der Waals surface area (Å²) in [6.45, 7) is 2.23. The Hall–Kier alpha value is 0.190.